The summed E-state index contributed by atoms with van der Waals surface area (Å²) in [6.45, 7) is 9.08. The van der Waals surface area contributed by atoms with Crippen LogP contribution in [-0.2, 0) is 31.6 Å². The molecule has 0 saturated heterocycles. The van der Waals surface area contributed by atoms with Crippen molar-refractivity contribution in [3.63, 3.8) is 0 Å². The molecule has 52 heavy (non-hydrogen) atoms. The van der Waals surface area contributed by atoms with Crippen molar-refractivity contribution in [2.24, 2.45) is 11.3 Å². The number of hydrogen-bond donors (Lipinski definition) is 4. The highest BCUT2D eigenvalue weighted by Crippen LogP contribution is 2.45. The topological polar surface area (TPSA) is 141 Å². The number of carbonyl (C=O) groups is 2. The molecule has 1 fully saturated rings. The maximum Gasteiger partial charge on any atom is 0.243 e. The number of benzene rings is 3. The Morgan fingerprint density at radius 3 is 2.33 bits per heavy atom. The number of carbonyl (C=O) groups excluding carboxylic acids is 2. The number of aliphatic hydroxyl groups is 1. The van der Waals surface area contributed by atoms with Crippen LogP contribution in [0.25, 0.3) is 10.9 Å². The summed E-state index contributed by atoms with van der Waals surface area (Å²) in [5, 5.41) is 21.6. The smallest absolute Gasteiger partial charge is 0.243 e. The van der Waals surface area contributed by atoms with Crippen LogP contribution in [0.3, 0.4) is 0 Å². The third-order valence-corrected chi connectivity index (χ3v) is 11.2. The molecule has 1 aliphatic rings. The Morgan fingerprint density at radius 2 is 1.67 bits per heavy atom. The number of aliphatic hydroxyl groups excluding tert-OH is 1. The second kappa shape index (κ2) is 16.2. The largest absolute Gasteiger partial charge is 0.390 e. The second-order valence-corrected chi connectivity index (χ2v) is 17.2. The zero-order chi connectivity index (χ0) is 37.7. The van der Waals surface area contributed by atoms with E-state index < -0.39 is 51.0 Å². The van der Waals surface area contributed by atoms with Crippen molar-refractivity contribution in [1.29, 1.82) is 0 Å². The number of aromatic nitrogens is 1. The molecule has 4 N–H and O–H groups in total. The van der Waals surface area contributed by atoms with Crippen LogP contribution in [0.2, 0.25) is 0 Å². The molecule has 3 aromatic carbocycles. The molecule has 0 radical (unpaired) electrons. The summed E-state index contributed by atoms with van der Waals surface area (Å²) in [6, 6.07) is 22.0. The van der Waals surface area contributed by atoms with Crippen molar-refractivity contribution in [2.75, 3.05) is 19.6 Å². The number of fused-ring (bicyclic) bond motifs is 1. The summed E-state index contributed by atoms with van der Waals surface area (Å²) in [5.41, 5.74) is 1.06. The van der Waals surface area contributed by atoms with Crippen LogP contribution in [0.1, 0.15) is 58.6 Å². The Bertz CT molecular complexity index is 1960. The van der Waals surface area contributed by atoms with Gasteiger partial charge in [-0.2, -0.15) is 4.31 Å². The number of pyridine rings is 1. The highest BCUT2D eigenvalue weighted by Gasteiger charge is 2.45. The number of rotatable bonds is 16. The number of halogens is 1. The Kier molecular flexibility index (Phi) is 12.1. The molecule has 0 spiro atoms. The first-order valence-electron chi connectivity index (χ1n) is 17.8. The molecule has 4 aromatic rings. The summed E-state index contributed by atoms with van der Waals surface area (Å²) in [5.74, 6) is -1.32. The van der Waals surface area contributed by atoms with Gasteiger partial charge in [0, 0.05) is 30.2 Å². The monoisotopic (exact) mass is 731 g/mol. The van der Waals surface area contributed by atoms with Crippen molar-refractivity contribution < 1.29 is 27.5 Å². The van der Waals surface area contributed by atoms with Crippen LogP contribution >= 0.6 is 0 Å². The highest BCUT2D eigenvalue weighted by atomic mass is 32.2. The number of hydrogen-bond acceptors (Lipinski definition) is 7. The van der Waals surface area contributed by atoms with E-state index in [0.29, 0.717) is 10.9 Å². The molecule has 3 atom stereocenters. The van der Waals surface area contributed by atoms with Gasteiger partial charge in [0.2, 0.25) is 21.8 Å². The van der Waals surface area contributed by atoms with Crippen LogP contribution in [0.4, 0.5) is 4.39 Å². The fraction of sp³-hybridized carbons (Fsp3) is 0.425. The summed E-state index contributed by atoms with van der Waals surface area (Å²) in [6.07, 6.45) is 2.07. The van der Waals surface area contributed by atoms with Gasteiger partial charge in [-0.1, -0.05) is 83.1 Å². The van der Waals surface area contributed by atoms with Gasteiger partial charge in [-0.25, -0.2) is 12.8 Å². The SMILES string of the molecule is CC(C)CN(CC(O)C(Cc1ccccc1)NC(=O)C(NC(=O)CNC1(c2cccc(F)c2)CC1)C(C)(C)C)S(=O)(=O)c1ccc2ncccc2c1. The molecule has 5 rings (SSSR count). The van der Waals surface area contributed by atoms with E-state index in [-0.39, 0.29) is 42.7 Å². The molecule has 0 bridgehead atoms. The van der Waals surface area contributed by atoms with Crippen molar-refractivity contribution in [3.05, 3.63) is 108 Å². The van der Waals surface area contributed by atoms with E-state index in [4.69, 9.17) is 0 Å². The second-order valence-electron chi connectivity index (χ2n) is 15.3. The van der Waals surface area contributed by atoms with Gasteiger partial charge in [-0.15, -0.1) is 0 Å². The number of nitrogens with zero attached hydrogens (tertiary/aromatic N) is 2. The minimum absolute atomic E-state index is 0.0592. The lowest BCUT2D eigenvalue weighted by Gasteiger charge is -2.34. The molecule has 10 nitrogen and oxygen atoms in total. The van der Waals surface area contributed by atoms with Crippen molar-refractivity contribution in [2.45, 2.75) is 82.5 Å². The molecule has 2 amide bonds. The van der Waals surface area contributed by atoms with Gasteiger partial charge in [0.05, 0.1) is 29.1 Å². The number of nitrogens with one attached hydrogen (secondary N) is 3. The third kappa shape index (κ3) is 9.80. The third-order valence-electron chi connectivity index (χ3n) is 9.41. The zero-order valence-corrected chi connectivity index (χ0v) is 31.3. The first-order chi connectivity index (χ1) is 24.6. The average Bonchev–Trinajstić information content (AvgIpc) is 3.90. The Labute approximate surface area is 306 Å². The first-order valence-corrected chi connectivity index (χ1v) is 19.2. The molecule has 1 saturated carbocycles. The summed E-state index contributed by atoms with van der Waals surface area (Å²) < 4.78 is 43.4. The molecule has 0 aliphatic heterocycles. The van der Waals surface area contributed by atoms with Crippen LogP contribution in [0.15, 0.2) is 96.0 Å². The average molecular weight is 732 g/mol. The van der Waals surface area contributed by atoms with Crippen LogP contribution < -0.4 is 16.0 Å². The molecular weight excluding hydrogens is 682 g/mol. The van der Waals surface area contributed by atoms with Crippen LogP contribution in [-0.4, -0.2) is 72.4 Å². The fourth-order valence-corrected chi connectivity index (χ4v) is 8.07. The van der Waals surface area contributed by atoms with Gasteiger partial charge in [0.1, 0.15) is 11.9 Å². The van der Waals surface area contributed by atoms with Crippen molar-refractivity contribution in [3.8, 4) is 0 Å². The first kappa shape index (κ1) is 39.0. The molecule has 1 aliphatic carbocycles. The van der Waals surface area contributed by atoms with Gasteiger partial charge in [0.15, 0.2) is 0 Å². The fourth-order valence-electron chi connectivity index (χ4n) is 6.41. The van der Waals surface area contributed by atoms with E-state index in [0.717, 1.165) is 24.0 Å². The number of sulfonamides is 1. The van der Waals surface area contributed by atoms with Crippen LogP contribution in [0.5, 0.6) is 0 Å². The molecule has 1 aromatic heterocycles. The van der Waals surface area contributed by atoms with E-state index in [1.807, 2.05) is 71.0 Å². The summed E-state index contributed by atoms with van der Waals surface area (Å²) in [4.78, 5) is 31.8. The predicted octanol–water partition coefficient (Wildman–Crippen LogP) is 4.92. The molecular formula is C40H50FN5O5S. The molecule has 12 heteroatoms. The van der Waals surface area contributed by atoms with E-state index in [1.54, 1.807) is 36.5 Å². The molecule has 3 unspecified atom stereocenters. The lowest BCUT2D eigenvalue weighted by molar-refractivity contribution is -0.132. The maximum absolute atomic E-state index is 14.1. The van der Waals surface area contributed by atoms with Gasteiger partial charge < -0.3 is 15.7 Å². The quantitative estimate of drug-likeness (QED) is 0.128. The normalized spacial score (nSPS) is 16.0. The highest BCUT2D eigenvalue weighted by molar-refractivity contribution is 7.89. The van der Waals surface area contributed by atoms with E-state index in [2.05, 4.69) is 20.9 Å². The summed E-state index contributed by atoms with van der Waals surface area (Å²) >= 11 is 0. The Hall–Kier alpha value is -4.23. The molecule has 1 heterocycles. The lowest BCUT2D eigenvalue weighted by Crippen LogP contribution is -2.59. The standard InChI is InChI=1S/C40H50FN5O5S/c1-27(2)25-46(52(50,51)32-16-17-33-29(22-32)13-10-20-42-33)26-35(47)34(21-28-11-7-6-8-12-28)44-38(49)37(39(3,4)5)45-36(48)24-43-40(18-19-40)30-14-9-15-31(41)23-30/h6-17,20,22-23,27,34-35,37,43,47H,18-19,21,24-26H2,1-5H3,(H,44,49)(H,45,48). The zero-order valence-electron chi connectivity index (χ0n) is 30.5. The van der Waals surface area contributed by atoms with Crippen molar-refractivity contribution in [1.82, 2.24) is 25.2 Å². The Morgan fingerprint density at radius 1 is 0.942 bits per heavy atom. The van der Waals surface area contributed by atoms with Gasteiger partial charge in [-0.3, -0.25) is 19.9 Å². The van der Waals surface area contributed by atoms with Gasteiger partial charge in [0.25, 0.3) is 0 Å². The number of amides is 2. The van der Waals surface area contributed by atoms with Gasteiger partial charge in [-0.05, 0) is 78.1 Å². The predicted molar refractivity (Wildman–Crippen MR) is 200 cm³/mol. The minimum atomic E-state index is -4.06. The van der Waals surface area contributed by atoms with E-state index >= 15 is 0 Å². The summed E-state index contributed by atoms with van der Waals surface area (Å²) in [7, 11) is -4.06. The van der Waals surface area contributed by atoms with Gasteiger partial charge >= 0.3 is 0 Å². The Balaban J connectivity index is 1.34. The van der Waals surface area contributed by atoms with Crippen molar-refractivity contribution >= 4 is 32.7 Å². The lowest BCUT2D eigenvalue weighted by atomic mass is 9.85. The maximum atomic E-state index is 14.1. The molecule has 278 valence electrons. The van der Waals surface area contributed by atoms with Crippen LogP contribution in [0, 0.1) is 17.2 Å². The van der Waals surface area contributed by atoms with E-state index in [1.165, 1.54) is 22.5 Å². The van der Waals surface area contributed by atoms with E-state index in [9.17, 15) is 27.5 Å². The minimum Gasteiger partial charge on any atom is -0.390 e.